The molecule has 0 aliphatic rings. The third-order valence-electron chi connectivity index (χ3n) is 2.80. The lowest BCUT2D eigenvalue weighted by Gasteiger charge is -2.20. The molecule has 0 saturated carbocycles. The molecule has 6 heteroatoms. The molecule has 18 heavy (non-hydrogen) atoms. The summed E-state index contributed by atoms with van der Waals surface area (Å²) in [4.78, 5) is 4.51. The maximum Gasteiger partial charge on any atom is 0.184 e. The van der Waals surface area contributed by atoms with Gasteiger partial charge in [-0.2, -0.15) is 11.8 Å². The predicted molar refractivity (Wildman–Crippen MR) is 81.5 cm³/mol. The summed E-state index contributed by atoms with van der Waals surface area (Å²) in [5, 5.41) is 13.6. The molecule has 2 aromatic rings. The van der Waals surface area contributed by atoms with Crippen LogP contribution < -0.4 is 11.1 Å². The zero-order valence-corrected chi connectivity index (χ0v) is 12.0. The molecule has 0 aliphatic carbocycles. The molecule has 2 atom stereocenters. The average molecular weight is 283 g/mol. The quantitative estimate of drug-likeness (QED) is 0.735. The molecular formula is C12H17N3OS2. The van der Waals surface area contributed by atoms with Gasteiger partial charge in [-0.3, -0.25) is 0 Å². The number of nitrogen functional groups attached to an aromatic ring is 1. The van der Waals surface area contributed by atoms with Crippen LogP contribution in [-0.2, 0) is 0 Å². The minimum atomic E-state index is 0.160. The summed E-state index contributed by atoms with van der Waals surface area (Å²) in [7, 11) is 0. The highest BCUT2D eigenvalue weighted by molar-refractivity contribution is 7.99. The van der Waals surface area contributed by atoms with Gasteiger partial charge >= 0.3 is 0 Å². The third-order valence-corrected chi connectivity index (χ3v) is 4.92. The number of hydrogen-bond donors (Lipinski definition) is 3. The summed E-state index contributed by atoms with van der Waals surface area (Å²) in [6.45, 7) is 2.21. The van der Waals surface area contributed by atoms with Crippen LogP contribution in [0.5, 0.6) is 0 Å². The van der Waals surface area contributed by atoms with Crippen molar-refractivity contribution in [3.63, 3.8) is 0 Å². The number of thiazole rings is 1. The van der Waals surface area contributed by atoms with E-state index in [0.717, 1.165) is 21.0 Å². The van der Waals surface area contributed by atoms with Gasteiger partial charge in [-0.1, -0.05) is 11.3 Å². The maximum atomic E-state index is 9.26. The lowest BCUT2D eigenvalue weighted by atomic mass is 10.2. The molecule has 98 valence electrons. The van der Waals surface area contributed by atoms with Crippen molar-refractivity contribution in [1.82, 2.24) is 4.98 Å². The van der Waals surface area contributed by atoms with Gasteiger partial charge in [0, 0.05) is 17.0 Å². The number of aliphatic hydroxyl groups is 1. The fourth-order valence-electron chi connectivity index (χ4n) is 1.73. The van der Waals surface area contributed by atoms with Crippen LogP contribution in [0.15, 0.2) is 18.2 Å². The molecule has 4 N–H and O–H groups in total. The molecule has 0 aliphatic heterocycles. The van der Waals surface area contributed by atoms with Crippen molar-refractivity contribution in [2.24, 2.45) is 0 Å². The van der Waals surface area contributed by atoms with Gasteiger partial charge in [-0.25, -0.2) is 4.98 Å². The molecule has 4 nitrogen and oxygen atoms in total. The summed E-state index contributed by atoms with van der Waals surface area (Å²) in [5.74, 6) is 0. The monoisotopic (exact) mass is 283 g/mol. The fourth-order valence-corrected chi connectivity index (χ4v) is 3.36. The highest BCUT2D eigenvalue weighted by atomic mass is 32.2. The van der Waals surface area contributed by atoms with Crippen LogP contribution in [0.25, 0.3) is 10.2 Å². The number of anilines is 2. The number of aliphatic hydroxyl groups excluding tert-OH is 1. The number of benzene rings is 1. The van der Waals surface area contributed by atoms with Gasteiger partial charge in [0.25, 0.3) is 0 Å². The Kier molecular flexibility index (Phi) is 4.31. The number of nitrogens with one attached hydrogen (secondary N) is 1. The highest BCUT2D eigenvalue weighted by Crippen LogP contribution is 2.28. The van der Waals surface area contributed by atoms with Gasteiger partial charge < -0.3 is 16.2 Å². The average Bonchev–Trinajstić information content (AvgIpc) is 2.71. The molecule has 0 bridgehead atoms. The van der Waals surface area contributed by atoms with E-state index in [1.54, 1.807) is 23.1 Å². The first kappa shape index (κ1) is 13.5. The number of aromatic nitrogens is 1. The molecule has 2 unspecified atom stereocenters. The van der Waals surface area contributed by atoms with Crippen LogP contribution in [0, 0.1) is 0 Å². The van der Waals surface area contributed by atoms with Gasteiger partial charge in [0.05, 0.1) is 16.8 Å². The maximum absolute atomic E-state index is 9.26. The second-order valence-corrected chi connectivity index (χ2v) is 6.24. The Balaban J connectivity index is 2.16. The third kappa shape index (κ3) is 2.88. The second kappa shape index (κ2) is 5.77. The Morgan fingerprint density at radius 2 is 2.33 bits per heavy atom. The smallest absolute Gasteiger partial charge is 0.184 e. The summed E-state index contributed by atoms with van der Waals surface area (Å²) in [5.41, 5.74) is 7.45. The molecule has 0 amide bonds. The van der Waals surface area contributed by atoms with Crippen molar-refractivity contribution < 1.29 is 5.11 Å². The van der Waals surface area contributed by atoms with Gasteiger partial charge in [-0.05, 0) is 31.4 Å². The normalized spacial score (nSPS) is 14.6. The second-order valence-electron chi connectivity index (χ2n) is 4.14. The van der Waals surface area contributed by atoms with Crippen LogP contribution in [0.1, 0.15) is 6.92 Å². The summed E-state index contributed by atoms with van der Waals surface area (Å²) < 4.78 is 1.08. The molecule has 1 heterocycles. The van der Waals surface area contributed by atoms with E-state index in [1.807, 2.05) is 24.5 Å². The Morgan fingerprint density at radius 1 is 1.56 bits per heavy atom. The van der Waals surface area contributed by atoms with E-state index in [4.69, 9.17) is 5.73 Å². The van der Waals surface area contributed by atoms with Crippen LogP contribution in [-0.4, -0.2) is 34.2 Å². The zero-order valence-electron chi connectivity index (χ0n) is 10.4. The number of thioether (sulfide) groups is 1. The molecule has 0 spiro atoms. The van der Waals surface area contributed by atoms with Crippen molar-refractivity contribution in [2.45, 2.75) is 18.2 Å². The first-order chi connectivity index (χ1) is 8.63. The van der Waals surface area contributed by atoms with Crippen LogP contribution in [0.3, 0.4) is 0 Å². The van der Waals surface area contributed by atoms with E-state index in [-0.39, 0.29) is 17.9 Å². The molecule has 0 saturated heterocycles. The van der Waals surface area contributed by atoms with Crippen LogP contribution >= 0.6 is 23.1 Å². The lowest BCUT2D eigenvalue weighted by molar-refractivity contribution is 0.288. The fraction of sp³-hybridized carbons (Fsp3) is 0.417. The first-order valence-corrected chi connectivity index (χ1v) is 7.80. The minimum Gasteiger partial charge on any atom is -0.399 e. The predicted octanol–water partition coefficient (Wildman–Crippen LogP) is 2.40. The zero-order chi connectivity index (χ0) is 13.1. The van der Waals surface area contributed by atoms with E-state index >= 15 is 0 Å². The number of nitrogens with zero attached hydrogens (tertiary/aromatic N) is 1. The van der Waals surface area contributed by atoms with Crippen molar-refractivity contribution >= 4 is 44.1 Å². The van der Waals surface area contributed by atoms with E-state index in [2.05, 4.69) is 17.2 Å². The molecule has 2 rings (SSSR count). The highest BCUT2D eigenvalue weighted by Gasteiger charge is 2.16. The molecule has 1 aromatic heterocycles. The van der Waals surface area contributed by atoms with E-state index in [0.29, 0.717) is 0 Å². The van der Waals surface area contributed by atoms with Gasteiger partial charge in [0.2, 0.25) is 0 Å². The first-order valence-electron chi connectivity index (χ1n) is 5.70. The summed E-state index contributed by atoms with van der Waals surface area (Å²) >= 11 is 3.24. The van der Waals surface area contributed by atoms with Crippen LogP contribution in [0.2, 0.25) is 0 Å². The lowest BCUT2D eigenvalue weighted by Crippen LogP contribution is -2.30. The largest absolute Gasteiger partial charge is 0.399 e. The Morgan fingerprint density at radius 3 is 3.00 bits per heavy atom. The topological polar surface area (TPSA) is 71.2 Å². The number of nitrogens with two attached hydrogens (primary N) is 1. The number of hydrogen-bond acceptors (Lipinski definition) is 6. The molecule has 0 radical (unpaired) electrons. The summed E-state index contributed by atoms with van der Waals surface area (Å²) in [6, 6.07) is 5.88. The van der Waals surface area contributed by atoms with Crippen molar-refractivity contribution in [2.75, 3.05) is 23.9 Å². The Labute approximate surface area is 115 Å². The Bertz CT molecular complexity index is 525. The number of rotatable bonds is 5. The van der Waals surface area contributed by atoms with Crippen molar-refractivity contribution in [1.29, 1.82) is 0 Å². The van der Waals surface area contributed by atoms with E-state index < -0.39 is 0 Å². The standard InChI is InChI=1S/C12H17N3OS2/c1-7(11(6-16)17-2)14-12-15-9-4-3-8(13)5-10(9)18-12/h3-5,7,11,16H,6,13H2,1-2H3,(H,14,15). The van der Waals surface area contributed by atoms with Crippen molar-refractivity contribution in [3.8, 4) is 0 Å². The van der Waals surface area contributed by atoms with Gasteiger partial charge in [0.15, 0.2) is 5.13 Å². The van der Waals surface area contributed by atoms with Gasteiger partial charge in [0.1, 0.15) is 0 Å². The Hall–Kier alpha value is -0.980. The van der Waals surface area contributed by atoms with Gasteiger partial charge in [-0.15, -0.1) is 0 Å². The van der Waals surface area contributed by atoms with E-state index in [1.165, 1.54) is 0 Å². The van der Waals surface area contributed by atoms with Crippen LogP contribution in [0.4, 0.5) is 10.8 Å². The molecule has 1 aromatic carbocycles. The number of fused-ring (bicyclic) bond motifs is 1. The van der Waals surface area contributed by atoms with E-state index in [9.17, 15) is 5.11 Å². The van der Waals surface area contributed by atoms with Crippen molar-refractivity contribution in [3.05, 3.63) is 18.2 Å². The summed E-state index contributed by atoms with van der Waals surface area (Å²) in [6.07, 6.45) is 2.00. The molecular weight excluding hydrogens is 266 g/mol. The SMILES string of the molecule is CSC(CO)C(C)Nc1nc2ccc(N)cc2s1. The molecule has 0 fully saturated rings. The minimum absolute atomic E-state index is 0.160.